The van der Waals surface area contributed by atoms with E-state index in [4.69, 9.17) is 9.47 Å². The molecule has 1 aromatic carbocycles. The molecule has 0 aliphatic rings. The maximum Gasteiger partial charge on any atom is 0.419 e. The number of aryl methyl sites for hydroxylation is 1. The van der Waals surface area contributed by atoms with Gasteiger partial charge in [-0.05, 0) is 18.6 Å². The van der Waals surface area contributed by atoms with Gasteiger partial charge in [-0.1, -0.05) is 25.1 Å². The molecule has 20 heavy (non-hydrogen) atoms. The molecule has 0 fully saturated rings. The zero-order valence-corrected chi connectivity index (χ0v) is 11.3. The van der Waals surface area contributed by atoms with Gasteiger partial charge in [0.05, 0.1) is 7.11 Å². The highest BCUT2D eigenvalue weighted by molar-refractivity contribution is 5.84. The van der Waals surface area contributed by atoms with Crippen molar-refractivity contribution in [2.75, 3.05) is 12.4 Å². The smallest absolute Gasteiger partial charge is 0.419 e. The second kappa shape index (κ2) is 6.51. The summed E-state index contributed by atoms with van der Waals surface area (Å²) in [5.74, 6) is 0.998. The molecule has 0 aliphatic carbocycles. The van der Waals surface area contributed by atoms with Gasteiger partial charge < -0.3 is 9.47 Å². The van der Waals surface area contributed by atoms with Gasteiger partial charge in [-0.3, -0.25) is 5.32 Å². The molecule has 0 atom stereocenters. The number of hydrogen-bond acceptors (Lipinski definition) is 5. The van der Waals surface area contributed by atoms with Crippen LogP contribution in [0.5, 0.6) is 11.6 Å². The number of amides is 1. The topological polar surface area (TPSA) is 73.3 Å². The van der Waals surface area contributed by atoms with E-state index in [2.05, 4.69) is 15.3 Å². The quantitative estimate of drug-likeness (QED) is 0.927. The fraction of sp³-hybridized carbons (Fsp3) is 0.214. The van der Waals surface area contributed by atoms with Crippen LogP contribution in [0.15, 0.2) is 36.4 Å². The molecule has 0 radical (unpaired) electrons. The van der Waals surface area contributed by atoms with Crippen molar-refractivity contribution in [2.45, 2.75) is 13.3 Å². The minimum atomic E-state index is -0.647. The van der Waals surface area contributed by atoms with Crippen LogP contribution in [-0.4, -0.2) is 23.2 Å². The Kier molecular flexibility index (Phi) is 4.49. The van der Waals surface area contributed by atoms with E-state index in [0.717, 1.165) is 5.69 Å². The summed E-state index contributed by atoms with van der Waals surface area (Å²) in [6.45, 7) is 1.95. The van der Waals surface area contributed by atoms with Gasteiger partial charge in [0, 0.05) is 11.8 Å². The predicted molar refractivity (Wildman–Crippen MR) is 74.1 cm³/mol. The molecule has 0 saturated heterocycles. The van der Waals surface area contributed by atoms with Crippen molar-refractivity contribution in [1.29, 1.82) is 0 Å². The molecular weight excluding hydrogens is 258 g/mol. The van der Waals surface area contributed by atoms with Crippen molar-refractivity contribution in [1.82, 2.24) is 9.97 Å². The van der Waals surface area contributed by atoms with Gasteiger partial charge in [-0.15, -0.1) is 0 Å². The molecule has 1 heterocycles. The van der Waals surface area contributed by atoms with Crippen LogP contribution in [0.25, 0.3) is 0 Å². The van der Waals surface area contributed by atoms with E-state index in [0.29, 0.717) is 18.1 Å². The molecule has 0 saturated carbocycles. The highest BCUT2D eigenvalue weighted by Crippen LogP contribution is 2.14. The van der Waals surface area contributed by atoms with Gasteiger partial charge >= 0.3 is 6.09 Å². The van der Waals surface area contributed by atoms with Crippen LogP contribution in [0.1, 0.15) is 12.6 Å². The Morgan fingerprint density at radius 3 is 2.65 bits per heavy atom. The summed E-state index contributed by atoms with van der Waals surface area (Å²) in [5, 5.41) is 2.48. The average molecular weight is 273 g/mol. The first-order valence-electron chi connectivity index (χ1n) is 6.17. The summed E-state index contributed by atoms with van der Waals surface area (Å²) in [5.41, 5.74) is 0.770. The van der Waals surface area contributed by atoms with E-state index < -0.39 is 6.09 Å². The lowest BCUT2D eigenvalue weighted by Crippen LogP contribution is -2.19. The standard InChI is InChI=1S/C14H15N3O3/c1-3-10-9-12(19-2)16-13(15-10)17-14(18)20-11-7-5-4-6-8-11/h4-9H,3H2,1-2H3,(H,15,16,17,18). The lowest BCUT2D eigenvalue weighted by molar-refractivity contribution is 0.215. The number of rotatable bonds is 4. The Hall–Kier alpha value is -2.63. The van der Waals surface area contributed by atoms with Crippen molar-refractivity contribution in [3.8, 4) is 11.6 Å². The third-order valence-corrected chi connectivity index (χ3v) is 2.49. The number of benzene rings is 1. The van der Waals surface area contributed by atoms with Crippen molar-refractivity contribution >= 4 is 12.0 Å². The molecule has 1 amide bonds. The molecule has 0 aliphatic heterocycles. The van der Waals surface area contributed by atoms with Crippen LogP contribution in [0.4, 0.5) is 10.7 Å². The molecule has 1 N–H and O–H groups in total. The highest BCUT2D eigenvalue weighted by atomic mass is 16.6. The predicted octanol–water partition coefficient (Wildman–Crippen LogP) is 2.66. The molecule has 1 aromatic heterocycles. The van der Waals surface area contributed by atoms with E-state index in [9.17, 15) is 4.79 Å². The third kappa shape index (κ3) is 3.68. The second-order valence-corrected chi connectivity index (χ2v) is 3.91. The third-order valence-electron chi connectivity index (χ3n) is 2.49. The first-order chi connectivity index (χ1) is 9.71. The molecule has 104 valence electrons. The number of nitrogens with one attached hydrogen (secondary N) is 1. The number of hydrogen-bond donors (Lipinski definition) is 1. The average Bonchev–Trinajstić information content (AvgIpc) is 2.47. The minimum absolute atomic E-state index is 0.155. The molecule has 6 nitrogen and oxygen atoms in total. The Bertz CT molecular complexity index is 565. The van der Waals surface area contributed by atoms with E-state index in [-0.39, 0.29) is 5.95 Å². The maximum absolute atomic E-state index is 11.7. The Labute approximate surface area is 116 Å². The van der Waals surface area contributed by atoms with Gasteiger partial charge in [0.2, 0.25) is 11.8 Å². The van der Waals surface area contributed by atoms with Crippen LogP contribution in [0.3, 0.4) is 0 Å². The Morgan fingerprint density at radius 2 is 2.00 bits per heavy atom. The molecule has 6 heteroatoms. The molecule has 2 rings (SSSR count). The van der Waals surface area contributed by atoms with Crippen molar-refractivity contribution in [2.24, 2.45) is 0 Å². The summed E-state index contributed by atoms with van der Waals surface area (Å²) in [6, 6.07) is 10.5. The maximum atomic E-state index is 11.7. The van der Waals surface area contributed by atoms with Crippen LogP contribution in [0, 0.1) is 0 Å². The minimum Gasteiger partial charge on any atom is -0.481 e. The summed E-state index contributed by atoms with van der Waals surface area (Å²) in [6.07, 6.45) is 0.0629. The normalized spacial score (nSPS) is 9.90. The summed E-state index contributed by atoms with van der Waals surface area (Å²) < 4.78 is 10.1. The first-order valence-corrected chi connectivity index (χ1v) is 6.17. The first kappa shape index (κ1) is 13.8. The molecule has 0 spiro atoms. The van der Waals surface area contributed by atoms with Gasteiger partial charge in [-0.25, -0.2) is 9.78 Å². The Morgan fingerprint density at radius 1 is 1.25 bits per heavy atom. The number of methoxy groups -OCH3 is 1. The number of carbonyl (C=O) groups is 1. The Balaban J connectivity index is 2.07. The van der Waals surface area contributed by atoms with Gasteiger partial charge in [0.25, 0.3) is 0 Å². The van der Waals surface area contributed by atoms with Crippen LogP contribution < -0.4 is 14.8 Å². The molecular formula is C14H15N3O3. The van der Waals surface area contributed by atoms with Gasteiger partial charge in [0.15, 0.2) is 0 Å². The number of carbonyl (C=O) groups excluding carboxylic acids is 1. The van der Waals surface area contributed by atoms with Gasteiger partial charge in [-0.2, -0.15) is 4.98 Å². The number of nitrogens with zero attached hydrogens (tertiary/aromatic N) is 2. The van der Waals surface area contributed by atoms with E-state index in [1.165, 1.54) is 7.11 Å². The molecule has 2 aromatic rings. The highest BCUT2D eigenvalue weighted by Gasteiger charge is 2.09. The van der Waals surface area contributed by atoms with Crippen LogP contribution >= 0.6 is 0 Å². The van der Waals surface area contributed by atoms with Crippen molar-refractivity contribution in [3.63, 3.8) is 0 Å². The van der Waals surface area contributed by atoms with Crippen molar-refractivity contribution in [3.05, 3.63) is 42.1 Å². The number of ether oxygens (including phenoxy) is 2. The van der Waals surface area contributed by atoms with Crippen molar-refractivity contribution < 1.29 is 14.3 Å². The zero-order valence-electron chi connectivity index (χ0n) is 11.3. The van der Waals surface area contributed by atoms with Crippen LogP contribution in [-0.2, 0) is 6.42 Å². The number of para-hydroxylation sites is 1. The second-order valence-electron chi connectivity index (χ2n) is 3.91. The van der Waals surface area contributed by atoms with E-state index in [1.54, 1.807) is 30.3 Å². The fourth-order valence-electron chi connectivity index (χ4n) is 1.53. The summed E-state index contributed by atoms with van der Waals surface area (Å²) >= 11 is 0. The molecule has 0 bridgehead atoms. The fourth-order valence-corrected chi connectivity index (χ4v) is 1.53. The monoisotopic (exact) mass is 273 g/mol. The van der Waals surface area contributed by atoms with Gasteiger partial charge in [0.1, 0.15) is 5.75 Å². The van der Waals surface area contributed by atoms with Crippen LogP contribution in [0.2, 0.25) is 0 Å². The largest absolute Gasteiger partial charge is 0.481 e. The number of anilines is 1. The van der Waals surface area contributed by atoms with E-state index >= 15 is 0 Å². The lowest BCUT2D eigenvalue weighted by atomic mass is 10.3. The summed E-state index contributed by atoms with van der Waals surface area (Å²) in [4.78, 5) is 19.9. The lowest BCUT2D eigenvalue weighted by Gasteiger charge is -2.08. The zero-order chi connectivity index (χ0) is 14.4. The number of aromatic nitrogens is 2. The SMILES string of the molecule is CCc1cc(OC)nc(NC(=O)Oc2ccccc2)n1. The van der Waals surface area contributed by atoms with E-state index in [1.807, 2.05) is 13.0 Å². The summed E-state index contributed by atoms with van der Waals surface area (Å²) in [7, 11) is 1.51. The molecule has 0 unspecified atom stereocenters.